The number of unbranched alkanes of at least 4 members (excludes halogenated alkanes) is 2. The van der Waals surface area contributed by atoms with Gasteiger partial charge in [0.2, 0.25) is 10.0 Å². The van der Waals surface area contributed by atoms with E-state index >= 15 is 0 Å². The molecular formula is C15H26N2O5S. The van der Waals surface area contributed by atoms with Gasteiger partial charge >= 0.3 is 5.97 Å². The van der Waals surface area contributed by atoms with Crippen LogP contribution in [0.15, 0.2) is 35.2 Å². The van der Waals surface area contributed by atoms with E-state index < -0.39 is 16.0 Å². The van der Waals surface area contributed by atoms with Crippen LogP contribution in [0.5, 0.6) is 0 Å². The molecule has 23 heavy (non-hydrogen) atoms. The van der Waals surface area contributed by atoms with Crippen LogP contribution in [-0.4, -0.2) is 55.6 Å². The normalized spacial score (nSPS) is 11.0. The van der Waals surface area contributed by atoms with E-state index in [0.717, 1.165) is 0 Å². The first-order chi connectivity index (χ1) is 10.9. The number of carboxylic acid groups (broad SMARTS) is 1. The summed E-state index contributed by atoms with van der Waals surface area (Å²) in [6, 6.07) is 8.28. The SMILES string of the molecule is CN(CCCCCC(=O)O)S(=O)(=O)c1ccccc1.NCCO. The van der Waals surface area contributed by atoms with Crippen LogP contribution in [0, 0.1) is 0 Å². The number of nitrogens with zero attached hydrogens (tertiary/aromatic N) is 1. The van der Waals surface area contributed by atoms with Gasteiger partial charge in [0.1, 0.15) is 0 Å². The fourth-order valence-electron chi connectivity index (χ4n) is 1.68. The number of aliphatic carboxylic acids is 1. The summed E-state index contributed by atoms with van der Waals surface area (Å²) in [5.74, 6) is -0.815. The highest BCUT2D eigenvalue weighted by Crippen LogP contribution is 2.14. The zero-order valence-electron chi connectivity index (χ0n) is 13.4. The number of nitrogens with two attached hydrogens (primary N) is 1. The van der Waals surface area contributed by atoms with Crippen LogP contribution >= 0.6 is 0 Å². The number of carbonyl (C=O) groups is 1. The minimum Gasteiger partial charge on any atom is -0.481 e. The number of hydrogen-bond donors (Lipinski definition) is 3. The van der Waals surface area contributed by atoms with Gasteiger partial charge < -0.3 is 15.9 Å². The maximum absolute atomic E-state index is 12.1. The first-order valence-corrected chi connectivity index (χ1v) is 8.84. The monoisotopic (exact) mass is 346 g/mol. The average Bonchev–Trinajstić information content (AvgIpc) is 2.55. The zero-order chi connectivity index (χ0) is 17.7. The average molecular weight is 346 g/mol. The van der Waals surface area contributed by atoms with Crippen molar-refractivity contribution in [3.05, 3.63) is 30.3 Å². The summed E-state index contributed by atoms with van der Waals surface area (Å²) in [7, 11) is -1.88. The molecule has 0 aliphatic rings. The van der Waals surface area contributed by atoms with Crippen LogP contribution < -0.4 is 5.73 Å². The quantitative estimate of drug-likeness (QED) is 0.571. The molecule has 0 atom stereocenters. The van der Waals surface area contributed by atoms with Crippen LogP contribution in [-0.2, 0) is 14.8 Å². The van der Waals surface area contributed by atoms with Crippen molar-refractivity contribution in [2.75, 3.05) is 26.7 Å². The third-order valence-electron chi connectivity index (χ3n) is 2.94. The summed E-state index contributed by atoms with van der Waals surface area (Å²) in [4.78, 5) is 10.6. The lowest BCUT2D eigenvalue weighted by atomic mass is 10.2. The smallest absolute Gasteiger partial charge is 0.303 e. The zero-order valence-corrected chi connectivity index (χ0v) is 14.2. The van der Waals surface area contributed by atoms with E-state index in [1.807, 2.05) is 0 Å². The van der Waals surface area contributed by atoms with Gasteiger partial charge in [0.15, 0.2) is 0 Å². The lowest BCUT2D eigenvalue weighted by Gasteiger charge is -2.16. The molecule has 8 heteroatoms. The highest BCUT2D eigenvalue weighted by atomic mass is 32.2. The van der Waals surface area contributed by atoms with Gasteiger partial charge in [0.05, 0.1) is 11.5 Å². The van der Waals surface area contributed by atoms with Crippen LogP contribution in [0.2, 0.25) is 0 Å². The Labute approximate surface area is 137 Å². The predicted molar refractivity (Wildman–Crippen MR) is 88.5 cm³/mol. The molecule has 0 unspecified atom stereocenters. The summed E-state index contributed by atoms with van der Waals surface area (Å²) in [5.41, 5.74) is 4.78. The Bertz CT molecular complexity index is 532. The van der Waals surface area contributed by atoms with E-state index in [9.17, 15) is 13.2 Å². The van der Waals surface area contributed by atoms with Crippen molar-refractivity contribution < 1.29 is 23.4 Å². The molecule has 0 bridgehead atoms. The summed E-state index contributed by atoms with van der Waals surface area (Å²) < 4.78 is 25.6. The molecule has 4 N–H and O–H groups in total. The van der Waals surface area contributed by atoms with E-state index in [-0.39, 0.29) is 17.9 Å². The molecule has 0 aromatic heterocycles. The van der Waals surface area contributed by atoms with Gasteiger partial charge in [0.25, 0.3) is 0 Å². The first kappa shape index (κ1) is 21.5. The molecule has 1 aromatic rings. The Kier molecular flexibility index (Phi) is 11.2. The number of benzene rings is 1. The molecule has 0 aliphatic heterocycles. The van der Waals surface area contributed by atoms with Gasteiger partial charge in [-0.1, -0.05) is 24.6 Å². The second-order valence-corrected chi connectivity index (χ2v) is 6.90. The molecule has 0 aliphatic carbocycles. The van der Waals surface area contributed by atoms with Crippen molar-refractivity contribution >= 4 is 16.0 Å². The molecule has 132 valence electrons. The van der Waals surface area contributed by atoms with Crippen LogP contribution in [0.4, 0.5) is 0 Å². The molecule has 0 amide bonds. The standard InChI is InChI=1S/C13H19NO4S.C2H7NO/c1-14(11-7-3-6-10-13(15)16)19(17,18)12-8-4-2-5-9-12;3-1-2-4/h2,4-5,8-9H,3,6-7,10-11H2,1H3,(H,15,16);4H,1-3H2. The molecule has 0 spiro atoms. The number of sulfonamides is 1. The van der Waals surface area contributed by atoms with E-state index in [1.54, 1.807) is 37.4 Å². The van der Waals surface area contributed by atoms with E-state index in [0.29, 0.717) is 32.4 Å². The first-order valence-electron chi connectivity index (χ1n) is 7.40. The fraction of sp³-hybridized carbons (Fsp3) is 0.533. The summed E-state index contributed by atoms with van der Waals surface area (Å²) in [5, 5.41) is 16.2. The maximum Gasteiger partial charge on any atom is 0.303 e. The van der Waals surface area contributed by atoms with Crippen molar-refractivity contribution in [3.8, 4) is 0 Å². The Balaban J connectivity index is 0.00000108. The van der Waals surface area contributed by atoms with Gasteiger partial charge in [-0.05, 0) is 25.0 Å². The third kappa shape index (κ3) is 9.29. The Morgan fingerprint density at radius 1 is 1.17 bits per heavy atom. The van der Waals surface area contributed by atoms with Crippen molar-refractivity contribution in [1.82, 2.24) is 4.31 Å². The van der Waals surface area contributed by atoms with Crippen LogP contribution in [0.3, 0.4) is 0 Å². The fourth-order valence-corrected chi connectivity index (χ4v) is 2.91. The molecule has 1 aromatic carbocycles. The predicted octanol–water partition coefficient (Wildman–Crippen LogP) is 0.890. The molecule has 0 fully saturated rings. The maximum atomic E-state index is 12.1. The topological polar surface area (TPSA) is 121 Å². The lowest BCUT2D eigenvalue weighted by Crippen LogP contribution is -2.27. The van der Waals surface area contributed by atoms with Gasteiger partial charge in [-0.2, -0.15) is 0 Å². The molecule has 0 saturated heterocycles. The summed E-state index contributed by atoms with van der Waals surface area (Å²) in [6.07, 6.45) is 2.08. The highest BCUT2D eigenvalue weighted by molar-refractivity contribution is 7.89. The number of carboxylic acids is 1. The minimum atomic E-state index is -3.43. The minimum absolute atomic E-state index is 0.0972. The number of hydrogen-bond acceptors (Lipinski definition) is 5. The van der Waals surface area contributed by atoms with E-state index in [1.165, 1.54) is 4.31 Å². The second-order valence-electron chi connectivity index (χ2n) is 4.86. The van der Waals surface area contributed by atoms with Gasteiger partial charge in [-0.3, -0.25) is 4.79 Å². The number of aliphatic hydroxyl groups excluding tert-OH is 1. The Morgan fingerprint density at radius 2 is 1.74 bits per heavy atom. The van der Waals surface area contributed by atoms with Crippen molar-refractivity contribution in [2.45, 2.75) is 30.6 Å². The molecule has 7 nitrogen and oxygen atoms in total. The molecule has 1 rings (SSSR count). The molecule has 0 radical (unpaired) electrons. The lowest BCUT2D eigenvalue weighted by molar-refractivity contribution is -0.137. The number of rotatable bonds is 9. The highest BCUT2D eigenvalue weighted by Gasteiger charge is 2.19. The third-order valence-corrected chi connectivity index (χ3v) is 4.82. The number of aliphatic hydroxyl groups is 1. The van der Waals surface area contributed by atoms with Crippen molar-refractivity contribution in [1.29, 1.82) is 0 Å². The van der Waals surface area contributed by atoms with Crippen molar-refractivity contribution in [3.63, 3.8) is 0 Å². The van der Waals surface area contributed by atoms with Gasteiger partial charge in [-0.25, -0.2) is 12.7 Å². The van der Waals surface area contributed by atoms with Crippen LogP contribution in [0.25, 0.3) is 0 Å². The molecule has 0 heterocycles. The van der Waals surface area contributed by atoms with E-state index in [4.69, 9.17) is 15.9 Å². The van der Waals surface area contributed by atoms with Crippen LogP contribution in [0.1, 0.15) is 25.7 Å². The summed E-state index contributed by atoms with van der Waals surface area (Å²) >= 11 is 0. The second kappa shape index (κ2) is 12.0. The van der Waals surface area contributed by atoms with Crippen molar-refractivity contribution in [2.24, 2.45) is 5.73 Å². The largest absolute Gasteiger partial charge is 0.481 e. The van der Waals surface area contributed by atoms with E-state index in [2.05, 4.69) is 0 Å². The Morgan fingerprint density at radius 3 is 2.22 bits per heavy atom. The summed E-state index contributed by atoms with van der Waals surface area (Å²) in [6.45, 7) is 0.872. The Hall–Kier alpha value is -1.48. The van der Waals surface area contributed by atoms with Gasteiger partial charge in [-0.15, -0.1) is 0 Å². The van der Waals surface area contributed by atoms with Gasteiger partial charge in [0, 0.05) is 26.6 Å². The molecule has 0 saturated carbocycles. The molecular weight excluding hydrogens is 320 g/mol.